The largest absolute Gasteiger partial charge is 0.436 e. The zero-order valence-corrected chi connectivity index (χ0v) is 12.4. The van der Waals surface area contributed by atoms with Crippen molar-refractivity contribution in [2.24, 2.45) is 0 Å². The van der Waals surface area contributed by atoms with Crippen LogP contribution in [0.3, 0.4) is 0 Å². The van der Waals surface area contributed by atoms with E-state index in [-0.39, 0.29) is 0 Å². The van der Waals surface area contributed by atoms with Crippen LogP contribution in [0.2, 0.25) is 0 Å². The fraction of sp³-hybridized carbons (Fsp3) is 0.105. The highest BCUT2D eigenvalue weighted by atomic mass is 16.3. The first-order valence-electron chi connectivity index (χ1n) is 7.24. The van der Waals surface area contributed by atoms with E-state index >= 15 is 0 Å². The molecule has 3 heteroatoms. The van der Waals surface area contributed by atoms with Crippen molar-refractivity contribution in [1.29, 1.82) is 0 Å². The summed E-state index contributed by atoms with van der Waals surface area (Å²) < 4.78 is 5.79. The Morgan fingerprint density at radius 3 is 2.27 bits per heavy atom. The summed E-state index contributed by atoms with van der Waals surface area (Å²) in [6, 6.07) is 16.0. The monoisotopic (exact) mass is 290 g/mol. The summed E-state index contributed by atoms with van der Waals surface area (Å²) in [6.07, 6.45) is 3.77. The summed E-state index contributed by atoms with van der Waals surface area (Å²) in [5.41, 5.74) is 3.78. The van der Waals surface area contributed by atoms with E-state index in [1.807, 2.05) is 48.6 Å². The molecular weight excluding hydrogens is 272 g/mol. The van der Waals surface area contributed by atoms with E-state index in [0.717, 1.165) is 35.4 Å². The van der Waals surface area contributed by atoms with Crippen LogP contribution in [-0.2, 0) is 0 Å². The Balaban J connectivity index is 1.89. The third-order valence-electron chi connectivity index (χ3n) is 3.47. The maximum Gasteiger partial charge on any atom is 0.227 e. The van der Waals surface area contributed by atoms with Crippen LogP contribution >= 0.6 is 0 Å². The average molecular weight is 290 g/mol. The molecule has 0 aliphatic rings. The van der Waals surface area contributed by atoms with Gasteiger partial charge in [-0.15, -0.1) is 13.2 Å². The van der Waals surface area contributed by atoms with E-state index in [2.05, 4.69) is 35.2 Å². The molecule has 0 atom stereocenters. The number of anilines is 1. The summed E-state index contributed by atoms with van der Waals surface area (Å²) >= 11 is 0. The van der Waals surface area contributed by atoms with Crippen molar-refractivity contribution in [3.63, 3.8) is 0 Å². The minimum atomic E-state index is 0.645. The lowest BCUT2D eigenvalue weighted by atomic mass is 10.2. The molecule has 1 heterocycles. The van der Waals surface area contributed by atoms with Gasteiger partial charge in [0, 0.05) is 24.3 Å². The lowest BCUT2D eigenvalue weighted by Gasteiger charge is -2.21. The molecule has 0 saturated heterocycles. The molecule has 3 nitrogen and oxygen atoms in total. The number of fused-ring (bicyclic) bond motifs is 1. The Bertz CT molecular complexity index is 744. The van der Waals surface area contributed by atoms with Gasteiger partial charge in [0.1, 0.15) is 5.52 Å². The second kappa shape index (κ2) is 6.31. The van der Waals surface area contributed by atoms with E-state index in [1.165, 1.54) is 0 Å². The topological polar surface area (TPSA) is 29.3 Å². The van der Waals surface area contributed by atoms with Gasteiger partial charge in [0.15, 0.2) is 5.58 Å². The third kappa shape index (κ3) is 2.79. The second-order valence-electron chi connectivity index (χ2n) is 5.02. The Kier molecular flexibility index (Phi) is 4.05. The molecule has 0 fully saturated rings. The molecule has 3 rings (SSSR count). The summed E-state index contributed by atoms with van der Waals surface area (Å²) in [5, 5.41) is 0. The van der Waals surface area contributed by atoms with Crippen molar-refractivity contribution < 1.29 is 4.42 Å². The number of oxazole rings is 1. The number of para-hydroxylation sites is 2. The van der Waals surface area contributed by atoms with E-state index in [4.69, 9.17) is 4.42 Å². The maximum absolute atomic E-state index is 5.79. The van der Waals surface area contributed by atoms with Crippen molar-refractivity contribution in [3.05, 3.63) is 73.8 Å². The number of rotatable bonds is 6. The average Bonchev–Trinajstić information content (AvgIpc) is 2.99. The third-order valence-corrected chi connectivity index (χ3v) is 3.47. The predicted molar refractivity (Wildman–Crippen MR) is 92.1 cm³/mol. The van der Waals surface area contributed by atoms with Gasteiger partial charge < -0.3 is 9.32 Å². The standard InChI is InChI=1S/C19H18N2O/c1-3-13-21(14-4-2)16-11-9-15(10-12-16)19-20-17-7-5-6-8-18(17)22-19/h3-12H,1-2,13-14H2. The summed E-state index contributed by atoms with van der Waals surface area (Å²) in [7, 11) is 0. The van der Waals surface area contributed by atoms with Crippen LogP contribution in [-0.4, -0.2) is 18.1 Å². The molecule has 3 aromatic rings. The lowest BCUT2D eigenvalue weighted by Crippen LogP contribution is -2.22. The van der Waals surface area contributed by atoms with Crippen molar-refractivity contribution in [1.82, 2.24) is 4.98 Å². The molecule has 0 aliphatic heterocycles. The van der Waals surface area contributed by atoms with Crippen LogP contribution in [0.4, 0.5) is 5.69 Å². The normalized spacial score (nSPS) is 10.5. The van der Waals surface area contributed by atoms with E-state index in [0.29, 0.717) is 5.89 Å². The molecule has 0 spiro atoms. The van der Waals surface area contributed by atoms with E-state index < -0.39 is 0 Å². The van der Waals surface area contributed by atoms with Crippen molar-refractivity contribution in [2.75, 3.05) is 18.0 Å². The predicted octanol–water partition coefficient (Wildman–Crippen LogP) is 4.67. The number of nitrogens with zero attached hydrogens (tertiary/aromatic N) is 2. The lowest BCUT2D eigenvalue weighted by molar-refractivity contribution is 0.620. The highest BCUT2D eigenvalue weighted by molar-refractivity contribution is 5.76. The van der Waals surface area contributed by atoms with E-state index in [1.54, 1.807) is 0 Å². The van der Waals surface area contributed by atoms with Gasteiger partial charge in [-0.1, -0.05) is 24.3 Å². The smallest absolute Gasteiger partial charge is 0.227 e. The molecular formula is C19H18N2O. The van der Waals surface area contributed by atoms with Crippen LogP contribution in [0.25, 0.3) is 22.6 Å². The van der Waals surface area contributed by atoms with E-state index in [9.17, 15) is 0 Å². The molecule has 22 heavy (non-hydrogen) atoms. The number of hydrogen-bond acceptors (Lipinski definition) is 3. The molecule has 0 bridgehead atoms. The fourth-order valence-electron chi connectivity index (χ4n) is 2.41. The summed E-state index contributed by atoms with van der Waals surface area (Å²) in [6.45, 7) is 9.17. The van der Waals surface area contributed by atoms with Crippen LogP contribution in [0.15, 0.2) is 78.3 Å². The molecule has 2 aromatic carbocycles. The first-order chi connectivity index (χ1) is 10.8. The highest BCUT2D eigenvalue weighted by Gasteiger charge is 2.09. The van der Waals surface area contributed by atoms with Crippen LogP contribution in [0, 0.1) is 0 Å². The molecule has 0 saturated carbocycles. The summed E-state index contributed by atoms with van der Waals surface area (Å²) in [5.74, 6) is 0.645. The van der Waals surface area contributed by atoms with Crippen molar-refractivity contribution >= 4 is 16.8 Å². The molecule has 1 aromatic heterocycles. The van der Waals surface area contributed by atoms with Crippen molar-refractivity contribution in [2.45, 2.75) is 0 Å². The number of aromatic nitrogens is 1. The quantitative estimate of drug-likeness (QED) is 0.618. The van der Waals surface area contributed by atoms with Crippen LogP contribution in [0.1, 0.15) is 0 Å². The Labute approximate surface area is 130 Å². The minimum absolute atomic E-state index is 0.645. The number of benzene rings is 2. The van der Waals surface area contributed by atoms with Crippen LogP contribution < -0.4 is 4.90 Å². The van der Waals surface area contributed by atoms with Gasteiger partial charge in [0.05, 0.1) is 0 Å². The Morgan fingerprint density at radius 1 is 0.955 bits per heavy atom. The molecule has 0 radical (unpaired) electrons. The van der Waals surface area contributed by atoms with Gasteiger partial charge in [0.2, 0.25) is 5.89 Å². The minimum Gasteiger partial charge on any atom is -0.436 e. The van der Waals surface area contributed by atoms with Gasteiger partial charge in [-0.25, -0.2) is 4.98 Å². The van der Waals surface area contributed by atoms with Crippen LogP contribution in [0.5, 0.6) is 0 Å². The molecule has 0 aliphatic carbocycles. The first kappa shape index (κ1) is 14.1. The maximum atomic E-state index is 5.79. The molecule has 0 amide bonds. The SMILES string of the molecule is C=CCN(CC=C)c1ccc(-c2nc3ccccc3o2)cc1. The summed E-state index contributed by atoms with van der Waals surface area (Å²) in [4.78, 5) is 6.71. The molecule has 110 valence electrons. The second-order valence-corrected chi connectivity index (χ2v) is 5.02. The van der Waals surface area contributed by atoms with Gasteiger partial charge in [0.25, 0.3) is 0 Å². The van der Waals surface area contributed by atoms with Gasteiger partial charge in [-0.2, -0.15) is 0 Å². The zero-order valence-electron chi connectivity index (χ0n) is 12.4. The van der Waals surface area contributed by atoms with Crippen molar-refractivity contribution in [3.8, 4) is 11.5 Å². The van der Waals surface area contributed by atoms with Gasteiger partial charge in [-0.05, 0) is 36.4 Å². The Hall–Kier alpha value is -2.81. The molecule has 0 unspecified atom stereocenters. The zero-order chi connectivity index (χ0) is 15.4. The van der Waals surface area contributed by atoms with Gasteiger partial charge in [-0.3, -0.25) is 0 Å². The Morgan fingerprint density at radius 2 is 1.64 bits per heavy atom. The first-order valence-corrected chi connectivity index (χ1v) is 7.24. The molecule has 0 N–H and O–H groups in total. The van der Waals surface area contributed by atoms with Gasteiger partial charge >= 0.3 is 0 Å². The highest BCUT2D eigenvalue weighted by Crippen LogP contribution is 2.26. The number of hydrogen-bond donors (Lipinski definition) is 0. The fourth-order valence-corrected chi connectivity index (χ4v) is 2.41.